The molecule has 0 aliphatic heterocycles. The number of rotatable bonds is 7. The van der Waals surface area contributed by atoms with E-state index in [0.29, 0.717) is 17.6 Å². The molecule has 146 valence electrons. The maximum Gasteiger partial charge on any atom is 0.234 e. The summed E-state index contributed by atoms with van der Waals surface area (Å²) in [5.74, 6) is 1.67. The Morgan fingerprint density at radius 1 is 1.14 bits per heavy atom. The van der Waals surface area contributed by atoms with Gasteiger partial charge in [0.25, 0.3) is 0 Å². The van der Waals surface area contributed by atoms with Crippen molar-refractivity contribution in [1.29, 1.82) is 0 Å². The number of thioether (sulfide) groups is 1. The summed E-state index contributed by atoms with van der Waals surface area (Å²) in [7, 11) is 1.87. The zero-order valence-corrected chi connectivity index (χ0v) is 18.3. The van der Waals surface area contributed by atoms with Gasteiger partial charge in [-0.05, 0) is 61.4 Å². The van der Waals surface area contributed by atoms with Crippen molar-refractivity contribution < 1.29 is 9.53 Å². The molecule has 0 fully saturated rings. The standard InChI is InChI=1S/C20H21BrN4O2S/c1-13-8-14(2)10-17(9-13)27-11-18-23-24-20(25(18)3)28-12-19(26)22-16-6-4-15(21)5-7-16/h4-10H,11-12H2,1-3H3,(H,22,26). The van der Waals surface area contributed by atoms with E-state index in [2.05, 4.69) is 37.5 Å². The molecule has 3 rings (SSSR count). The number of nitrogens with zero attached hydrogens (tertiary/aromatic N) is 3. The van der Waals surface area contributed by atoms with E-state index in [-0.39, 0.29) is 11.7 Å². The van der Waals surface area contributed by atoms with Crippen LogP contribution < -0.4 is 10.1 Å². The van der Waals surface area contributed by atoms with Gasteiger partial charge in [-0.3, -0.25) is 4.79 Å². The van der Waals surface area contributed by atoms with Gasteiger partial charge >= 0.3 is 0 Å². The zero-order chi connectivity index (χ0) is 20.1. The Morgan fingerprint density at radius 3 is 2.50 bits per heavy atom. The number of aryl methyl sites for hydroxylation is 2. The summed E-state index contributed by atoms with van der Waals surface area (Å²) in [6, 6.07) is 13.5. The highest BCUT2D eigenvalue weighted by Gasteiger charge is 2.12. The molecule has 0 saturated heterocycles. The first-order valence-corrected chi connectivity index (χ1v) is 10.5. The summed E-state index contributed by atoms with van der Waals surface area (Å²) in [6.45, 7) is 4.39. The second kappa shape index (κ2) is 9.25. The molecule has 8 heteroatoms. The second-order valence-corrected chi connectivity index (χ2v) is 8.27. The molecule has 2 aromatic carbocycles. The number of nitrogens with one attached hydrogen (secondary N) is 1. The third-order valence-corrected chi connectivity index (χ3v) is 5.50. The van der Waals surface area contributed by atoms with Crippen molar-refractivity contribution in [1.82, 2.24) is 14.8 Å². The van der Waals surface area contributed by atoms with Crippen LogP contribution in [0.2, 0.25) is 0 Å². The maximum atomic E-state index is 12.1. The number of benzene rings is 2. The van der Waals surface area contributed by atoms with E-state index in [0.717, 1.165) is 27.0 Å². The number of aromatic nitrogens is 3. The summed E-state index contributed by atoms with van der Waals surface area (Å²) in [6.07, 6.45) is 0. The second-order valence-electron chi connectivity index (χ2n) is 6.41. The van der Waals surface area contributed by atoms with Crippen LogP contribution >= 0.6 is 27.7 Å². The third kappa shape index (κ3) is 5.59. The Hall–Kier alpha value is -2.32. The lowest BCUT2D eigenvalue weighted by atomic mass is 10.1. The number of carbonyl (C=O) groups excluding carboxylic acids is 1. The monoisotopic (exact) mass is 460 g/mol. The first-order valence-electron chi connectivity index (χ1n) is 8.68. The number of carbonyl (C=O) groups is 1. The van der Waals surface area contributed by atoms with Crippen LogP contribution in [0.5, 0.6) is 5.75 Å². The van der Waals surface area contributed by atoms with Gasteiger partial charge in [0.15, 0.2) is 11.0 Å². The highest BCUT2D eigenvalue weighted by atomic mass is 79.9. The number of hydrogen-bond donors (Lipinski definition) is 1. The van der Waals surface area contributed by atoms with Crippen LogP contribution in [-0.4, -0.2) is 26.4 Å². The number of amides is 1. The van der Waals surface area contributed by atoms with Crippen molar-refractivity contribution in [2.75, 3.05) is 11.1 Å². The largest absolute Gasteiger partial charge is 0.486 e. The minimum Gasteiger partial charge on any atom is -0.486 e. The van der Waals surface area contributed by atoms with E-state index in [9.17, 15) is 4.79 Å². The fraction of sp³-hybridized carbons (Fsp3) is 0.250. The molecular weight excluding hydrogens is 440 g/mol. The fourth-order valence-corrected chi connectivity index (χ4v) is 3.62. The lowest BCUT2D eigenvalue weighted by molar-refractivity contribution is -0.113. The average molecular weight is 461 g/mol. The zero-order valence-electron chi connectivity index (χ0n) is 15.9. The van der Waals surface area contributed by atoms with Gasteiger partial charge in [0, 0.05) is 17.2 Å². The Labute approximate surface area is 176 Å². The van der Waals surface area contributed by atoms with Crippen LogP contribution in [0.4, 0.5) is 5.69 Å². The molecule has 3 aromatic rings. The molecule has 0 bridgehead atoms. The fourth-order valence-electron chi connectivity index (χ4n) is 2.62. The number of anilines is 1. The first kappa shape index (κ1) is 20.4. The smallest absolute Gasteiger partial charge is 0.234 e. The van der Waals surface area contributed by atoms with Crippen LogP contribution in [0.3, 0.4) is 0 Å². The van der Waals surface area contributed by atoms with Crippen LogP contribution in [0, 0.1) is 13.8 Å². The molecule has 0 atom stereocenters. The topological polar surface area (TPSA) is 69.0 Å². The van der Waals surface area contributed by atoms with Crippen molar-refractivity contribution >= 4 is 39.3 Å². The molecule has 0 radical (unpaired) electrons. The number of hydrogen-bond acceptors (Lipinski definition) is 5. The molecular formula is C20H21BrN4O2S. The van der Waals surface area contributed by atoms with Gasteiger partial charge in [-0.2, -0.15) is 0 Å². The van der Waals surface area contributed by atoms with E-state index in [1.807, 2.05) is 61.9 Å². The first-order chi connectivity index (χ1) is 13.4. The van der Waals surface area contributed by atoms with E-state index in [4.69, 9.17) is 4.74 Å². The molecule has 1 amide bonds. The van der Waals surface area contributed by atoms with Crippen molar-refractivity contribution in [3.8, 4) is 5.75 Å². The summed E-state index contributed by atoms with van der Waals surface area (Å²) in [5.41, 5.74) is 3.07. The van der Waals surface area contributed by atoms with Crippen molar-refractivity contribution in [3.05, 3.63) is 63.9 Å². The molecule has 6 nitrogen and oxygen atoms in total. The van der Waals surface area contributed by atoms with Gasteiger partial charge in [0.1, 0.15) is 12.4 Å². The predicted molar refractivity (Wildman–Crippen MR) is 115 cm³/mol. The van der Waals surface area contributed by atoms with Crippen molar-refractivity contribution in [2.45, 2.75) is 25.6 Å². The maximum absolute atomic E-state index is 12.1. The molecule has 0 unspecified atom stereocenters. The van der Waals surface area contributed by atoms with Crippen LogP contribution in [0.25, 0.3) is 0 Å². The average Bonchev–Trinajstić information content (AvgIpc) is 2.99. The molecule has 0 spiro atoms. The highest BCUT2D eigenvalue weighted by molar-refractivity contribution is 9.10. The van der Waals surface area contributed by atoms with Crippen LogP contribution in [-0.2, 0) is 18.4 Å². The molecule has 28 heavy (non-hydrogen) atoms. The lowest BCUT2D eigenvalue weighted by Crippen LogP contribution is -2.14. The quantitative estimate of drug-likeness (QED) is 0.525. The van der Waals surface area contributed by atoms with Gasteiger partial charge in [-0.1, -0.05) is 33.8 Å². The van der Waals surface area contributed by atoms with Crippen molar-refractivity contribution in [2.24, 2.45) is 7.05 Å². The van der Waals surface area contributed by atoms with E-state index in [1.165, 1.54) is 11.8 Å². The van der Waals surface area contributed by atoms with Gasteiger partial charge < -0.3 is 14.6 Å². The summed E-state index contributed by atoms with van der Waals surface area (Å²) in [5, 5.41) is 11.9. The summed E-state index contributed by atoms with van der Waals surface area (Å²) < 4.78 is 8.66. The van der Waals surface area contributed by atoms with Gasteiger partial charge in [0.2, 0.25) is 5.91 Å². The Balaban J connectivity index is 1.53. The number of ether oxygens (including phenoxy) is 1. The molecule has 0 aliphatic carbocycles. The summed E-state index contributed by atoms with van der Waals surface area (Å²) >= 11 is 4.71. The Kier molecular flexibility index (Phi) is 6.74. The normalized spacial score (nSPS) is 10.7. The van der Waals surface area contributed by atoms with E-state index < -0.39 is 0 Å². The molecule has 1 aromatic heterocycles. The molecule has 0 aliphatic rings. The van der Waals surface area contributed by atoms with Crippen LogP contribution in [0.1, 0.15) is 17.0 Å². The molecule has 0 saturated carbocycles. The van der Waals surface area contributed by atoms with Gasteiger partial charge in [-0.15, -0.1) is 10.2 Å². The van der Waals surface area contributed by atoms with E-state index >= 15 is 0 Å². The SMILES string of the molecule is Cc1cc(C)cc(OCc2nnc(SCC(=O)Nc3ccc(Br)cc3)n2C)c1. The van der Waals surface area contributed by atoms with Crippen molar-refractivity contribution in [3.63, 3.8) is 0 Å². The molecule has 1 heterocycles. The minimum atomic E-state index is -0.0941. The summed E-state index contributed by atoms with van der Waals surface area (Å²) in [4.78, 5) is 12.1. The lowest BCUT2D eigenvalue weighted by Gasteiger charge is -2.08. The van der Waals surface area contributed by atoms with Gasteiger partial charge in [0.05, 0.1) is 5.75 Å². The molecule has 1 N–H and O–H groups in total. The van der Waals surface area contributed by atoms with E-state index in [1.54, 1.807) is 0 Å². The third-order valence-electron chi connectivity index (χ3n) is 3.95. The predicted octanol–water partition coefficient (Wildman–Crippen LogP) is 4.50. The minimum absolute atomic E-state index is 0.0941. The Morgan fingerprint density at radius 2 is 1.82 bits per heavy atom. The highest BCUT2D eigenvalue weighted by Crippen LogP contribution is 2.20. The number of halogens is 1. The van der Waals surface area contributed by atoms with Gasteiger partial charge in [-0.25, -0.2) is 0 Å². The van der Waals surface area contributed by atoms with Crippen LogP contribution in [0.15, 0.2) is 52.1 Å². The Bertz CT molecular complexity index is 953.